The maximum Gasteiger partial charge on any atom is 0.220 e. The maximum absolute atomic E-state index is 12.0. The van der Waals surface area contributed by atoms with Gasteiger partial charge in [-0.2, -0.15) is 0 Å². The molecule has 5 nitrogen and oxygen atoms in total. The lowest BCUT2D eigenvalue weighted by atomic mass is 9.90. The Balaban J connectivity index is 0.00000361. The van der Waals surface area contributed by atoms with Crippen LogP contribution in [0.1, 0.15) is 40.0 Å². The minimum Gasteiger partial charge on any atom is -0.350 e. The van der Waals surface area contributed by atoms with Crippen molar-refractivity contribution in [3.8, 4) is 0 Å². The molecule has 1 heterocycles. The number of rotatable bonds is 6. The fourth-order valence-corrected chi connectivity index (χ4v) is 4.63. The van der Waals surface area contributed by atoms with E-state index in [9.17, 15) is 13.2 Å². The number of carbonyl (C=O) groups excluding carboxylic acids is 1. The highest BCUT2D eigenvalue weighted by molar-refractivity contribution is 7.91. The number of nitrogens with one attached hydrogen (secondary N) is 1. The fraction of sp³-hybridized carbons (Fsp3) is 0.923. The Morgan fingerprint density at radius 1 is 1.45 bits per heavy atom. The van der Waals surface area contributed by atoms with Gasteiger partial charge in [-0.1, -0.05) is 13.8 Å². The van der Waals surface area contributed by atoms with Crippen molar-refractivity contribution in [1.29, 1.82) is 0 Å². The molecule has 7 heteroatoms. The van der Waals surface area contributed by atoms with E-state index in [1.54, 1.807) is 0 Å². The second kappa shape index (κ2) is 7.61. The largest absolute Gasteiger partial charge is 0.350 e. The summed E-state index contributed by atoms with van der Waals surface area (Å²) in [4.78, 5) is 12.0. The average Bonchev–Trinajstić information content (AvgIpc) is 2.56. The molecule has 1 aliphatic rings. The van der Waals surface area contributed by atoms with Crippen LogP contribution in [0.25, 0.3) is 0 Å². The summed E-state index contributed by atoms with van der Waals surface area (Å²) < 4.78 is 22.7. The molecule has 1 amide bonds. The molecular weight excluding hydrogens is 300 g/mol. The SMILES string of the molecule is CC(C)CC(C)(CN)NC(=O)CC1CCS(=O)(=O)C1.Cl. The van der Waals surface area contributed by atoms with Crippen molar-refractivity contribution in [2.75, 3.05) is 18.1 Å². The van der Waals surface area contributed by atoms with E-state index in [2.05, 4.69) is 19.2 Å². The number of sulfone groups is 1. The monoisotopic (exact) mass is 326 g/mol. The van der Waals surface area contributed by atoms with Crippen LogP contribution in [0.5, 0.6) is 0 Å². The van der Waals surface area contributed by atoms with Gasteiger partial charge in [0.1, 0.15) is 0 Å². The minimum atomic E-state index is -2.91. The molecule has 1 rings (SSSR count). The number of hydrogen-bond acceptors (Lipinski definition) is 4. The molecule has 0 aliphatic carbocycles. The summed E-state index contributed by atoms with van der Waals surface area (Å²) in [5, 5.41) is 2.97. The topological polar surface area (TPSA) is 89.3 Å². The molecule has 0 aromatic rings. The van der Waals surface area contributed by atoms with Crippen LogP contribution in [-0.4, -0.2) is 37.9 Å². The molecule has 0 saturated carbocycles. The molecule has 2 unspecified atom stereocenters. The summed E-state index contributed by atoms with van der Waals surface area (Å²) in [6.45, 7) is 6.50. The third-order valence-corrected chi connectivity index (χ3v) is 5.39. The lowest BCUT2D eigenvalue weighted by molar-refractivity contribution is -0.123. The molecular formula is C13H27ClN2O3S. The predicted molar refractivity (Wildman–Crippen MR) is 83.7 cm³/mol. The molecule has 0 bridgehead atoms. The van der Waals surface area contributed by atoms with Crippen molar-refractivity contribution < 1.29 is 13.2 Å². The fourth-order valence-electron chi connectivity index (χ4n) is 2.77. The van der Waals surface area contributed by atoms with Gasteiger partial charge in [-0.05, 0) is 31.6 Å². The number of amides is 1. The number of nitrogens with two attached hydrogens (primary N) is 1. The van der Waals surface area contributed by atoms with Crippen LogP contribution in [0.4, 0.5) is 0 Å². The first-order chi connectivity index (χ1) is 8.66. The first kappa shape index (κ1) is 19.7. The smallest absolute Gasteiger partial charge is 0.220 e. The van der Waals surface area contributed by atoms with Crippen molar-refractivity contribution in [2.24, 2.45) is 17.6 Å². The Kier molecular flexibility index (Phi) is 7.49. The second-order valence-electron chi connectivity index (χ2n) is 6.38. The molecule has 1 aliphatic heterocycles. The van der Waals surface area contributed by atoms with Crippen LogP contribution < -0.4 is 11.1 Å². The first-order valence-electron chi connectivity index (χ1n) is 6.87. The Bertz CT molecular complexity index is 425. The Morgan fingerprint density at radius 2 is 2.05 bits per heavy atom. The standard InChI is InChI=1S/C13H26N2O3S.ClH/c1-10(2)7-13(3,9-14)15-12(16)6-11-4-5-19(17,18)8-11;/h10-11H,4-9,14H2,1-3H3,(H,15,16);1H. The Hall–Kier alpha value is -0.330. The lowest BCUT2D eigenvalue weighted by Gasteiger charge is -2.31. The zero-order chi connectivity index (χ0) is 14.7. The van der Waals surface area contributed by atoms with E-state index in [4.69, 9.17) is 5.73 Å². The van der Waals surface area contributed by atoms with Gasteiger partial charge in [-0.3, -0.25) is 4.79 Å². The lowest BCUT2D eigenvalue weighted by Crippen LogP contribution is -2.52. The van der Waals surface area contributed by atoms with Crippen LogP contribution in [0.2, 0.25) is 0 Å². The van der Waals surface area contributed by atoms with Crippen LogP contribution in [-0.2, 0) is 14.6 Å². The number of halogens is 1. The third-order valence-electron chi connectivity index (χ3n) is 3.55. The van der Waals surface area contributed by atoms with E-state index in [1.165, 1.54) is 0 Å². The predicted octanol–water partition coefficient (Wildman–Crippen LogP) is 1.11. The summed E-state index contributed by atoms with van der Waals surface area (Å²) in [6.07, 6.45) is 1.70. The molecule has 3 N–H and O–H groups in total. The van der Waals surface area contributed by atoms with E-state index in [-0.39, 0.29) is 42.2 Å². The number of hydrogen-bond donors (Lipinski definition) is 2. The van der Waals surface area contributed by atoms with Gasteiger partial charge < -0.3 is 11.1 Å². The Labute approximate surface area is 128 Å². The van der Waals surface area contributed by atoms with Gasteiger partial charge in [0.15, 0.2) is 9.84 Å². The second-order valence-corrected chi connectivity index (χ2v) is 8.61. The van der Waals surface area contributed by atoms with Crippen molar-refractivity contribution in [2.45, 2.75) is 45.6 Å². The molecule has 0 aromatic carbocycles. The normalized spacial score (nSPS) is 23.9. The van der Waals surface area contributed by atoms with Gasteiger partial charge in [0.05, 0.1) is 11.5 Å². The summed E-state index contributed by atoms with van der Waals surface area (Å²) in [5.41, 5.74) is 5.34. The molecule has 0 aromatic heterocycles. The molecule has 20 heavy (non-hydrogen) atoms. The van der Waals surface area contributed by atoms with E-state index < -0.39 is 15.4 Å². The highest BCUT2D eigenvalue weighted by Gasteiger charge is 2.31. The van der Waals surface area contributed by atoms with Crippen LogP contribution >= 0.6 is 12.4 Å². The quantitative estimate of drug-likeness (QED) is 0.765. The van der Waals surface area contributed by atoms with Gasteiger partial charge in [0, 0.05) is 18.5 Å². The minimum absolute atomic E-state index is 0. The molecule has 2 atom stereocenters. The average molecular weight is 327 g/mol. The summed E-state index contributed by atoms with van der Waals surface area (Å²) in [6, 6.07) is 0. The Morgan fingerprint density at radius 3 is 2.45 bits per heavy atom. The van der Waals surface area contributed by atoms with E-state index in [0.717, 1.165) is 6.42 Å². The summed E-state index contributed by atoms with van der Waals surface area (Å²) >= 11 is 0. The van der Waals surface area contributed by atoms with Crippen molar-refractivity contribution in [3.63, 3.8) is 0 Å². The van der Waals surface area contributed by atoms with Gasteiger partial charge in [-0.15, -0.1) is 12.4 Å². The van der Waals surface area contributed by atoms with Crippen molar-refractivity contribution in [1.82, 2.24) is 5.32 Å². The van der Waals surface area contributed by atoms with E-state index >= 15 is 0 Å². The summed E-state index contributed by atoms with van der Waals surface area (Å²) in [7, 11) is -2.91. The molecule has 1 saturated heterocycles. The van der Waals surface area contributed by atoms with Gasteiger partial charge in [0.2, 0.25) is 5.91 Å². The van der Waals surface area contributed by atoms with Gasteiger partial charge >= 0.3 is 0 Å². The molecule has 120 valence electrons. The molecule has 1 fully saturated rings. The van der Waals surface area contributed by atoms with Crippen LogP contribution in [0.15, 0.2) is 0 Å². The first-order valence-corrected chi connectivity index (χ1v) is 8.69. The molecule has 0 spiro atoms. The van der Waals surface area contributed by atoms with Crippen molar-refractivity contribution in [3.05, 3.63) is 0 Å². The maximum atomic E-state index is 12.0. The third kappa shape index (κ3) is 6.41. The summed E-state index contributed by atoms with van der Waals surface area (Å²) in [5.74, 6) is 0.678. The highest BCUT2D eigenvalue weighted by atomic mass is 35.5. The van der Waals surface area contributed by atoms with E-state index in [1.807, 2.05) is 6.92 Å². The van der Waals surface area contributed by atoms with Crippen LogP contribution in [0, 0.1) is 11.8 Å². The van der Waals surface area contributed by atoms with Gasteiger partial charge in [0.25, 0.3) is 0 Å². The highest BCUT2D eigenvalue weighted by Crippen LogP contribution is 2.22. The number of carbonyl (C=O) groups is 1. The zero-order valence-corrected chi connectivity index (χ0v) is 14.1. The van der Waals surface area contributed by atoms with E-state index in [0.29, 0.717) is 18.9 Å². The van der Waals surface area contributed by atoms with Gasteiger partial charge in [-0.25, -0.2) is 8.42 Å². The zero-order valence-electron chi connectivity index (χ0n) is 12.5. The molecule has 0 radical (unpaired) electrons. The van der Waals surface area contributed by atoms with Crippen molar-refractivity contribution >= 4 is 28.2 Å². The van der Waals surface area contributed by atoms with Crippen LogP contribution in [0.3, 0.4) is 0 Å².